The third-order valence-corrected chi connectivity index (χ3v) is 1.83. The summed E-state index contributed by atoms with van der Waals surface area (Å²) >= 11 is 0. The van der Waals surface area contributed by atoms with Crippen molar-refractivity contribution >= 4 is 11.6 Å². The first-order valence-corrected chi connectivity index (χ1v) is 3.92. The van der Waals surface area contributed by atoms with Crippen LogP contribution in [0.15, 0.2) is 18.2 Å². The number of nitrogens with zero attached hydrogens (tertiary/aromatic N) is 1. The Morgan fingerprint density at radius 3 is 2.60 bits per heavy atom. The van der Waals surface area contributed by atoms with E-state index in [-0.39, 0.29) is 11.3 Å². The van der Waals surface area contributed by atoms with Crippen molar-refractivity contribution < 1.29 is 14.1 Å². The summed E-state index contributed by atoms with van der Waals surface area (Å²) in [4.78, 5) is 20.4. The number of rotatable bonds is 3. The lowest BCUT2D eigenvalue weighted by Crippen LogP contribution is -2.29. The SMILES string of the molecule is NC(=O)C(N)c1cc([N+](=O)[O-])ccc1F. The van der Waals surface area contributed by atoms with E-state index in [9.17, 15) is 19.3 Å². The summed E-state index contributed by atoms with van der Waals surface area (Å²) in [5, 5.41) is 10.4. The van der Waals surface area contributed by atoms with Crippen LogP contribution in [0.3, 0.4) is 0 Å². The highest BCUT2D eigenvalue weighted by Crippen LogP contribution is 2.21. The average Bonchev–Trinajstić information content (AvgIpc) is 2.16. The molecule has 4 N–H and O–H groups in total. The maximum atomic E-state index is 13.1. The molecule has 1 atom stereocenters. The van der Waals surface area contributed by atoms with Crippen molar-refractivity contribution in [2.24, 2.45) is 11.5 Å². The van der Waals surface area contributed by atoms with E-state index in [4.69, 9.17) is 11.5 Å². The standard InChI is InChI=1S/C8H8FN3O3/c9-6-2-1-4(12(14)15)3-5(6)7(10)8(11)13/h1-3,7H,10H2,(H2,11,13). The summed E-state index contributed by atoms with van der Waals surface area (Å²) in [5.41, 5.74) is 9.51. The van der Waals surface area contributed by atoms with Crippen LogP contribution in [-0.4, -0.2) is 10.8 Å². The van der Waals surface area contributed by atoms with Crippen LogP contribution in [0.4, 0.5) is 10.1 Å². The van der Waals surface area contributed by atoms with E-state index in [0.29, 0.717) is 0 Å². The number of amides is 1. The van der Waals surface area contributed by atoms with Gasteiger partial charge in [-0.2, -0.15) is 0 Å². The number of nitrogens with two attached hydrogens (primary N) is 2. The molecule has 0 spiro atoms. The molecule has 0 saturated heterocycles. The number of hydrogen-bond acceptors (Lipinski definition) is 4. The number of carbonyl (C=O) groups excluding carboxylic acids is 1. The van der Waals surface area contributed by atoms with Crippen molar-refractivity contribution in [1.82, 2.24) is 0 Å². The van der Waals surface area contributed by atoms with Crippen molar-refractivity contribution in [3.8, 4) is 0 Å². The molecule has 1 amide bonds. The highest BCUT2D eigenvalue weighted by atomic mass is 19.1. The summed E-state index contributed by atoms with van der Waals surface area (Å²) < 4.78 is 13.1. The minimum absolute atomic E-state index is 0.281. The Hall–Kier alpha value is -2.02. The Kier molecular flexibility index (Phi) is 2.96. The molecular formula is C8H8FN3O3. The molecule has 0 aliphatic heterocycles. The van der Waals surface area contributed by atoms with Gasteiger partial charge in [-0.3, -0.25) is 14.9 Å². The molecule has 15 heavy (non-hydrogen) atoms. The Bertz CT molecular complexity index is 422. The first kappa shape index (κ1) is 11.1. The molecule has 7 heteroatoms. The second kappa shape index (κ2) is 4.01. The molecule has 1 rings (SSSR count). The Balaban J connectivity index is 3.22. The molecule has 0 bridgehead atoms. The fourth-order valence-corrected chi connectivity index (χ4v) is 1.04. The molecule has 80 valence electrons. The van der Waals surface area contributed by atoms with Gasteiger partial charge in [-0.15, -0.1) is 0 Å². The predicted molar refractivity (Wildman–Crippen MR) is 49.2 cm³/mol. The molecule has 1 unspecified atom stereocenters. The van der Waals surface area contributed by atoms with Crippen molar-refractivity contribution in [1.29, 1.82) is 0 Å². The van der Waals surface area contributed by atoms with Gasteiger partial charge in [-0.25, -0.2) is 4.39 Å². The largest absolute Gasteiger partial charge is 0.368 e. The maximum absolute atomic E-state index is 13.1. The van der Waals surface area contributed by atoms with Gasteiger partial charge in [0, 0.05) is 17.7 Å². The number of hydrogen-bond donors (Lipinski definition) is 2. The normalized spacial score (nSPS) is 12.1. The number of carbonyl (C=O) groups is 1. The van der Waals surface area contributed by atoms with E-state index in [1.54, 1.807) is 0 Å². The zero-order valence-electron chi connectivity index (χ0n) is 7.51. The molecule has 1 aromatic carbocycles. The molecule has 6 nitrogen and oxygen atoms in total. The Morgan fingerprint density at radius 2 is 2.13 bits per heavy atom. The number of primary amides is 1. The van der Waals surface area contributed by atoms with E-state index in [2.05, 4.69) is 0 Å². The van der Waals surface area contributed by atoms with Crippen LogP contribution < -0.4 is 11.5 Å². The third-order valence-electron chi connectivity index (χ3n) is 1.83. The zero-order valence-corrected chi connectivity index (χ0v) is 7.51. The van der Waals surface area contributed by atoms with Crippen LogP contribution in [-0.2, 0) is 4.79 Å². The smallest absolute Gasteiger partial charge is 0.269 e. The fourth-order valence-electron chi connectivity index (χ4n) is 1.04. The van der Waals surface area contributed by atoms with E-state index >= 15 is 0 Å². The molecule has 0 aliphatic rings. The lowest BCUT2D eigenvalue weighted by atomic mass is 10.1. The summed E-state index contributed by atoms with van der Waals surface area (Å²) in [7, 11) is 0. The number of nitro groups is 1. The van der Waals surface area contributed by atoms with Gasteiger partial charge >= 0.3 is 0 Å². The third kappa shape index (κ3) is 2.26. The van der Waals surface area contributed by atoms with Crippen LogP contribution >= 0.6 is 0 Å². The van der Waals surface area contributed by atoms with Crippen LogP contribution in [0.1, 0.15) is 11.6 Å². The quantitative estimate of drug-likeness (QED) is 0.552. The topological polar surface area (TPSA) is 112 Å². The minimum Gasteiger partial charge on any atom is -0.368 e. The van der Waals surface area contributed by atoms with Gasteiger partial charge in [0.1, 0.15) is 11.9 Å². The average molecular weight is 213 g/mol. The molecule has 0 saturated carbocycles. The lowest BCUT2D eigenvalue weighted by Gasteiger charge is -2.08. The van der Waals surface area contributed by atoms with E-state index in [1.807, 2.05) is 0 Å². The summed E-state index contributed by atoms with van der Waals surface area (Å²) in [5.74, 6) is -1.75. The van der Waals surface area contributed by atoms with Gasteiger partial charge in [-0.05, 0) is 6.07 Å². The highest BCUT2D eigenvalue weighted by Gasteiger charge is 2.19. The molecule has 0 aromatic heterocycles. The van der Waals surface area contributed by atoms with Gasteiger partial charge < -0.3 is 11.5 Å². The first-order chi connectivity index (χ1) is 6.93. The number of non-ortho nitro benzene ring substituents is 1. The maximum Gasteiger partial charge on any atom is 0.269 e. The van der Waals surface area contributed by atoms with Gasteiger partial charge in [-0.1, -0.05) is 0 Å². The van der Waals surface area contributed by atoms with Crippen LogP contribution in [0.2, 0.25) is 0 Å². The Morgan fingerprint density at radius 1 is 1.53 bits per heavy atom. The Labute approximate surface area is 83.8 Å². The van der Waals surface area contributed by atoms with Crippen molar-refractivity contribution in [2.75, 3.05) is 0 Å². The second-order valence-corrected chi connectivity index (χ2v) is 2.84. The van der Waals surface area contributed by atoms with E-state index < -0.39 is 22.7 Å². The van der Waals surface area contributed by atoms with Crippen LogP contribution in [0.5, 0.6) is 0 Å². The number of benzene rings is 1. The summed E-state index contributed by atoms with van der Waals surface area (Å²) in [6, 6.07) is 1.36. The van der Waals surface area contributed by atoms with Crippen molar-refractivity contribution in [3.63, 3.8) is 0 Å². The number of halogens is 1. The van der Waals surface area contributed by atoms with Crippen molar-refractivity contribution in [3.05, 3.63) is 39.7 Å². The van der Waals surface area contributed by atoms with Gasteiger partial charge in [0.05, 0.1) is 4.92 Å². The summed E-state index contributed by atoms with van der Waals surface area (Å²) in [6.45, 7) is 0. The molecular weight excluding hydrogens is 205 g/mol. The monoisotopic (exact) mass is 213 g/mol. The van der Waals surface area contributed by atoms with Gasteiger partial charge in [0.15, 0.2) is 0 Å². The minimum atomic E-state index is -1.38. The van der Waals surface area contributed by atoms with Crippen LogP contribution in [0, 0.1) is 15.9 Å². The van der Waals surface area contributed by atoms with Crippen molar-refractivity contribution in [2.45, 2.75) is 6.04 Å². The lowest BCUT2D eigenvalue weighted by molar-refractivity contribution is -0.385. The number of nitro benzene ring substituents is 1. The fraction of sp³-hybridized carbons (Fsp3) is 0.125. The molecule has 0 heterocycles. The first-order valence-electron chi connectivity index (χ1n) is 3.92. The predicted octanol–water partition coefficient (Wildman–Crippen LogP) is 0.219. The molecule has 1 aromatic rings. The van der Waals surface area contributed by atoms with E-state index in [1.165, 1.54) is 0 Å². The van der Waals surface area contributed by atoms with Crippen LogP contribution in [0.25, 0.3) is 0 Å². The van der Waals surface area contributed by atoms with Gasteiger partial charge in [0.25, 0.3) is 5.69 Å². The molecule has 0 fully saturated rings. The molecule has 0 radical (unpaired) electrons. The zero-order chi connectivity index (χ0) is 11.6. The molecule has 0 aliphatic carbocycles. The van der Waals surface area contributed by atoms with Gasteiger partial charge in [0.2, 0.25) is 5.91 Å². The summed E-state index contributed by atoms with van der Waals surface area (Å²) in [6.07, 6.45) is 0. The van der Waals surface area contributed by atoms with E-state index in [0.717, 1.165) is 18.2 Å². The second-order valence-electron chi connectivity index (χ2n) is 2.84. The highest BCUT2D eigenvalue weighted by molar-refractivity contribution is 5.81.